The van der Waals surface area contributed by atoms with Crippen molar-refractivity contribution in [2.75, 3.05) is 13.6 Å². The van der Waals surface area contributed by atoms with Crippen LogP contribution < -0.4 is 5.32 Å². The quantitative estimate of drug-likeness (QED) is 0.776. The van der Waals surface area contributed by atoms with E-state index in [0.29, 0.717) is 12.5 Å². The van der Waals surface area contributed by atoms with Gasteiger partial charge in [-0.05, 0) is 59.8 Å². The molecule has 1 heterocycles. The molecule has 0 aliphatic heterocycles. The molecule has 0 aliphatic rings. The Kier molecular flexibility index (Phi) is 7.00. The van der Waals surface area contributed by atoms with E-state index in [1.807, 2.05) is 18.9 Å². The molecule has 0 aliphatic carbocycles. The maximum Gasteiger partial charge on any atom is 0.234 e. The Hall–Kier alpha value is -1.65. The van der Waals surface area contributed by atoms with Gasteiger partial charge in [0.05, 0.1) is 12.6 Å². The molecule has 130 valence electrons. The first kappa shape index (κ1) is 18.7. The third kappa shape index (κ3) is 6.10. The van der Waals surface area contributed by atoms with E-state index in [9.17, 15) is 4.79 Å². The van der Waals surface area contributed by atoms with Gasteiger partial charge in [-0.25, -0.2) is 0 Å². The second-order valence-corrected chi connectivity index (χ2v) is 7.71. The SMILES string of the molecule is CC(C)Cc1ccc(C(C)NC(=O)CN(C)Cc2ccsc2)cc1. The number of benzene rings is 1. The van der Waals surface area contributed by atoms with E-state index < -0.39 is 0 Å². The molecule has 2 aromatic rings. The Morgan fingerprint density at radius 3 is 2.42 bits per heavy atom. The van der Waals surface area contributed by atoms with E-state index in [-0.39, 0.29) is 11.9 Å². The van der Waals surface area contributed by atoms with Crippen molar-refractivity contribution in [2.24, 2.45) is 5.92 Å². The summed E-state index contributed by atoms with van der Waals surface area (Å²) >= 11 is 1.69. The van der Waals surface area contributed by atoms with Crippen molar-refractivity contribution in [1.29, 1.82) is 0 Å². The highest BCUT2D eigenvalue weighted by Crippen LogP contribution is 2.15. The molecule has 1 N–H and O–H groups in total. The molecule has 0 spiro atoms. The lowest BCUT2D eigenvalue weighted by molar-refractivity contribution is -0.122. The minimum Gasteiger partial charge on any atom is -0.348 e. The summed E-state index contributed by atoms with van der Waals surface area (Å²) in [7, 11) is 1.97. The molecule has 0 saturated heterocycles. The molecular weight excluding hydrogens is 316 g/mol. The number of hydrogen-bond acceptors (Lipinski definition) is 3. The summed E-state index contributed by atoms with van der Waals surface area (Å²) in [6.07, 6.45) is 1.09. The Morgan fingerprint density at radius 2 is 1.83 bits per heavy atom. The highest BCUT2D eigenvalue weighted by Gasteiger charge is 2.12. The van der Waals surface area contributed by atoms with Crippen LogP contribution in [-0.2, 0) is 17.8 Å². The number of thiophene rings is 1. The van der Waals surface area contributed by atoms with Crippen LogP contribution in [0, 0.1) is 5.92 Å². The first-order valence-corrected chi connectivity index (χ1v) is 9.46. The van der Waals surface area contributed by atoms with Crippen molar-refractivity contribution in [2.45, 2.75) is 39.8 Å². The van der Waals surface area contributed by atoms with E-state index in [4.69, 9.17) is 0 Å². The molecule has 0 fully saturated rings. The van der Waals surface area contributed by atoms with E-state index >= 15 is 0 Å². The molecule has 0 bridgehead atoms. The maximum atomic E-state index is 12.2. The molecular formula is C20H28N2OS. The summed E-state index contributed by atoms with van der Waals surface area (Å²) in [6.45, 7) is 7.70. The minimum atomic E-state index is 0.0279. The first-order valence-electron chi connectivity index (χ1n) is 8.52. The average Bonchev–Trinajstić information content (AvgIpc) is 2.99. The highest BCUT2D eigenvalue weighted by atomic mass is 32.1. The molecule has 1 atom stereocenters. The number of amides is 1. The van der Waals surface area contributed by atoms with Gasteiger partial charge in [-0.2, -0.15) is 11.3 Å². The zero-order valence-electron chi connectivity index (χ0n) is 15.1. The average molecular weight is 345 g/mol. The van der Waals surface area contributed by atoms with Gasteiger partial charge in [0.1, 0.15) is 0 Å². The van der Waals surface area contributed by atoms with E-state index in [0.717, 1.165) is 18.5 Å². The van der Waals surface area contributed by atoms with Gasteiger partial charge in [0, 0.05) is 6.54 Å². The van der Waals surface area contributed by atoms with Crippen LogP contribution in [0.4, 0.5) is 0 Å². The van der Waals surface area contributed by atoms with Gasteiger partial charge in [-0.3, -0.25) is 9.69 Å². The molecule has 1 aromatic carbocycles. The molecule has 4 heteroatoms. The normalized spacial score (nSPS) is 12.6. The van der Waals surface area contributed by atoms with Crippen molar-refractivity contribution in [3.63, 3.8) is 0 Å². The van der Waals surface area contributed by atoms with Crippen molar-refractivity contribution in [3.8, 4) is 0 Å². The number of likely N-dealkylation sites (N-methyl/N-ethyl adjacent to an activating group) is 1. The number of hydrogen-bond donors (Lipinski definition) is 1. The maximum absolute atomic E-state index is 12.2. The fraction of sp³-hybridized carbons (Fsp3) is 0.450. The number of rotatable bonds is 8. The van der Waals surface area contributed by atoms with Crippen molar-refractivity contribution < 1.29 is 4.79 Å². The van der Waals surface area contributed by atoms with Gasteiger partial charge in [0.15, 0.2) is 0 Å². The summed E-state index contributed by atoms with van der Waals surface area (Å²) < 4.78 is 0. The van der Waals surface area contributed by atoms with Crippen LogP contribution in [0.1, 0.15) is 43.5 Å². The lowest BCUT2D eigenvalue weighted by Crippen LogP contribution is -2.36. The fourth-order valence-corrected chi connectivity index (χ4v) is 3.44. The summed E-state index contributed by atoms with van der Waals surface area (Å²) in [5.41, 5.74) is 3.75. The largest absolute Gasteiger partial charge is 0.348 e. The molecule has 1 aromatic heterocycles. The van der Waals surface area contributed by atoms with Gasteiger partial charge in [0.25, 0.3) is 0 Å². The predicted molar refractivity (Wildman–Crippen MR) is 102 cm³/mol. The first-order chi connectivity index (χ1) is 11.4. The topological polar surface area (TPSA) is 32.3 Å². The predicted octanol–water partition coefficient (Wildman–Crippen LogP) is 4.26. The molecule has 0 saturated carbocycles. The van der Waals surface area contributed by atoms with Crippen molar-refractivity contribution >= 4 is 17.2 Å². The fourth-order valence-electron chi connectivity index (χ4n) is 2.78. The van der Waals surface area contributed by atoms with Crippen LogP contribution in [0.3, 0.4) is 0 Å². The van der Waals surface area contributed by atoms with Gasteiger partial charge < -0.3 is 5.32 Å². The molecule has 2 rings (SSSR count). The van der Waals surface area contributed by atoms with Crippen molar-refractivity contribution in [1.82, 2.24) is 10.2 Å². The molecule has 1 amide bonds. The monoisotopic (exact) mass is 344 g/mol. The second kappa shape index (κ2) is 9.00. The van der Waals surface area contributed by atoms with Gasteiger partial charge >= 0.3 is 0 Å². The van der Waals surface area contributed by atoms with Gasteiger partial charge in [-0.1, -0.05) is 38.1 Å². The van der Waals surface area contributed by atoms with Crippen LogP contribution in [0.2, 0.25) is 0 Å². The molecule has 0 radical (unpaired) electrons. The Morgan fingerprint density at radius 1 is 1.12 bits per heavy atom. The smallest absolute Gasteiger partial charge is 0.234 e. The second-order valence-electron chi connectivity index (χ2n) is 6.93. The molecule has 24 heavy (non-hydrogen) atoms. The van der Waals surface area contributed by atoms with E-state index in [2.05, 4.69) is 60.3 Å². The van der Waals surface area contributed by atoms with Crippen LogP contribution >= 0.6 is 11.3 Å². The zero-order valence-corrected chi connectivity index (χ0v) is 15.9. The van der Waals surface area contributed by atoms with Crippen LogP contribution in [0.25, 0.3) is 0 Å². The highest BCUT2D eigenvalue weighted by molar-refractivity contribution is 7.07. The lowest BCUT2D eigenvalue weighted by atomic mass is 10.00. The summed E-state index contributed by atoms with van der Waals surface area (Å²) in [5.74, 6) is 0.721. The lowest BCUT2D eigenvalue weighted by Gasteiger charge is -2.19. The Balaban J connectivity index is 1.82. The third-order valence-electron chi connectivity index (χ3n) is 3.95. The van der Waals surface area contributed by atoms with Gasteiger partial charge in [0.2, 0.25) is 5.91 Å². The van der Waals surface area contributed by atoms with Crippen LogP contribution in [-0.4, -0.2) is 24.4 Å². The zero-order chi connectivity index (χ0) is 17.5. The standard InChI is InChI=1S/C20H28N2OS/c1-15(2)11-17-5-7-19(8-6-17)16(3)21-20(23)13-22(4)12-18-9-10-24-14-18/h5-10,14-16H,11-13H2,1-4H3,(H,21,23). The van der Waals surface area contributed by atoms with E-state index in [1.165, 1.54) is 11.1 Å². The number of nitrogens with zero attached hydrogens (tertiary/aromatic N) is 1. The number of nitrogens with one attached hydrogen (secondary N) is 1. The Labute approximate surface area is 149 Å². The Bertz CT molecular complexity index is 620. The van der Waals surface area contributed by atoms with Crippen LogP contribution in [0.5, 0.6) is 0 Å². The third-order valence-corrected chi connectivity index (χ3v) is 4.68. The summed E-state index contributed by atoms with van der Waals surface area (Å²) in [5, 5.41) is 7.27. The number of carbonyl (C=O) groups is 1. The van der Waals surface area contributed by atoms with Gasteiger partial charge in [-0.15, -0.1) is 0 Å². The van der Waals surface area contributed by atoms with Crippen molar-refractivity contribution in [3.05, 3.63) is 57.8 Å². The summed E-state index contributed by atoms with van der Waals surface area (Å²) in [6, 6.07) is 10.7. The molecule has 3 nitrogen and oxygen atoms in total. The molecule has 1 unspecified atom stereocenters. The van der Waals surface area contributed by atoms with E-state index in [1.54, 1.807) is 11.3 Å². The minimum absolute atomic E-state index is 0.0279. The number of carbonyl (C=O) groups excluding carboxylic acids is 1. The van der Waals surface area contributed by atoms with Crippen LogP contribution in [0.15, 0.2) is 41.1 Å². The summed E-state index contributed by atoms with van der Waals surface area (Å²) in [4.78, 5) is 14.3.